The molecule has 0 radical (unpaired) electrons. The van der Waals surface area contributed by atoms with Gasteiger partial charge in [-0.25, -0.2) is 0 Å². The Kier molecular flexibility index (Phi) is 3.35. The van der Waals surface area contributed by atoms with Crippen LogP contribution in [0.1, 0.15) is 19.8 Å². The summed E-state index contributed by atoms with van der Waals surface area (Å²) in [6.45, 7) is 4.15. The van der Waals surface area contributed by atoms with Crippen LogP contribution in [0.4, 0.5) is 0 Å². The number of carbonyl (C=O) groups excluding carboxylic acids is 2. The van der Waals surface area contributed by atoms with Crippen molar-refractivity contribution in [2.24, 2.45) is 5.73 Å². The Morgan fingerprint density at radius 3 is 2.82 bits per heavy atom. The van der Waals surface area contributed by atoms with Crippen LogP contribution in [0.25, 0.3) is 0 Å². The summed E-state index contributed by atoms with van der Waals surface area (Å²) in [5.74, 6) is -0.673. The number of nitrogens with zero attached hydrogens (tertiary/aromatic N) is 1. The molecule has 0 unspecified atom stereocenters. The molecule has 0 aromatic heterocycles. The maximum Gasteiger partial charge on any atom is 0.239 e. The van der Waals surface area contributed by atoms with Gasteiger partial charge in [-0.05, 0) is 19.8 Å². The molecule has 1 heterocycles. The number of nitrogens with two attached hydrogens (primary N) is 1. The van der Waals surface area contributed by atoms with Crippen molar-refractivity contribution in [3.63, 3.8) is 0 Å². The normalized spacial score (nSPS) is 24.3. The molecule has 1 atom stereocenters. The SMILES string of the molecule is C[C@H](NC(=O)CN1CCOC2(CC2)C1)C(N)=O. The van der Waals surface area contributed by atoms with E-state index < -0.39 is 11.9 Å². The molecule has 96 valence electrons. The third-order valence-corrected chi connectivity index (χ3v) is 3.31. The molecule has 1 saturated carbocycles. The molecule has 0 aromatic rings. The second-order valence-electron chi connectivity index (χ2n) is 4.93. The van der Waals surface area contributed by atoms with Crippen molar-refractivity contribution in [3.05, 3.63) is 0 Å². The fourth-order valence-electron chi connectivity index (χ4n) is 2.06. The molecule has 6 nitrogen and oxygen atoms in total. The highest BCUT2D eigenvalue weighted by atomic mass is 16.5. The van der Waals surface area contributed by atoms with E-state index in [-0.39, 0.29) is 11.5 Å². The van der Waals surface area contributed by atoms with E-state index in [1.54, 1.807) is 6.92 Å². The van der Waals surface area contributed by atoms with Crippen LogP contribution in [0.2, 0.25) is 0 Å². The molecular weight excluding hydrogens is 222 g/mol. The first-order valence-corrected chi connectivity index (χ1v) is 5.96. The van der Waals surface area contributed by atoms with E-state index in [9.17, 15) is 9.59 Å². The van der Waals surface area contributed by atoms with E-state index in [2.05, 4.69) is 10.2 Å². The van der Waals surface area contributed by atoms with Gasteiger partial charge in [0.25, 0.3) is 0 Å². The van der Waals surface area contributed by atoms with Crippen LogP contribution < -0.4 is 11.1 Å². The van der Waals surface area contributed by atoms with Gasteiger partial charge < -0.3 is 15.8 Å². The van der Waals surface area contributed by atoms with Crippen LogP contribution in [0.15, 0.2) is 0 Å². The van der Waals surface area contributed by atoms with Crippen molar-refractivity contribution < 1.29 is 14.3 Å². The summed E-state index contributed by atoms with van der Waals surface area (Å²) < 4.78 is 5.66. The van der Waals surface area contributed by atoms with Crippen molar-refractivity contribution in [1.82, 2.24) is 10.2 Å². The molecule has 1 saturated heterocycles. The Labute approximate surface area is 100 Å². The predicted molar refractivity (Wildman–Crippen MR) is 61.2 cm³/mol. The summed E-state index contributed by atoms with van der Waals surface area (Å²) in [4.78, 5) is 24.5. The lowest BCUT2D eigenvalue weighted by atomic mass is 10.2. The average Bonchev–Trinajstić information content (AvgIpc) is 2.97. The Balaban J connectivity index is 1.76. The number of hydrogen-bond acceptors (Lipinski definition) is 4. The molecule has 6 heteroatoms. The molecule has 1 spiro atoms. The number of primary amides is 1. The Morgan fingerprint density at radius 2 is 2.24 bits per heavy atom. The smallest absolute Gasteiger partial charge is 0.239 e. The van der Waals surface area contributed by atoms with Crippen LogP contribution in [-0.4, -0.2) is 54.6 Å². The molecule has 2 rings (SSSR count). The zero-order valence-electron chi connectivity index (χ0n) is 10.1. The number of ether oxygens (including phenoxy) is 1. The summed E-state index contributed by atoms with van der Waals surface area (Å²) in [7, 11) is 0. The van der Waals surface area contributed by atoms with Gasteiger partial charge in [-0.15, -0.1) is 0 Å². The highest BCUT2D eigenvalue weighted by Crippen LogP contribution is 2.41. The first kappa shape index (κ1) is 12.3. The third-order valence-electron chi connectivity index (χ3n) is 3.31. The van der Waals surface area contributed by atoms with Gasteiger partial charge in [0.15, 0.2) is 0 Å². The maximum atomic E-state index is 11.7. The molecule has 0 bridgehead atoms. The monoisotopic (exact) mass is 241 g/mol. The molecule has 1 aliphatic carbocycles. The number of amides is 2. The zero-order valence-corrected chi connectivity index (χ0v) is 10.1. The lowest BCUT2D eigenvalue weighted by molar-refractivity contribution is -0.129. The quantitative estimate of drug-likeness (QED) is 0.650. The van der Waals surface area contributed by atoms with Crippen LogP contribution in [0.5, 0.6) is 0 Å². The minimum Gasteiger partial charge on any atom is -0.372 e. The van der Waals surface area contributed by atoms with E-state index in [1.807, 2.05) is 0 Å². The average molecular weight is 241 g/mol. The van der Waals surface area contributed by atoms with Crippen LogP contribution in [-0.2, 0) is 14.3 Å². The third kappa shape index (κ3) is 3.17. The van der Waals surface area contributed by atoms with Crippen molar-refractivity contribution in [2.45, 2.75) is 31.4 Å². The highest BCUT2D eigenvalue weighted by molar-refractivity contribution is 5.86. The maximum absolute atomic E-state index is 11.7. The Morgan fingerprint density at radius 1 is 1.53 bits per heavy atom. The van der Waals surface area contributed by atoms with Gasteiger partial charge in [-0.1, -0.05) is 0 Å². The fraction of sp³-hybridized carbons (Fsp3) is 0.818. The predicted octanol–water partition coefficient (Wildman–Crippen LogP) is -1.16. The second-order valence-corrected chi connectivity index (χ2v) is 4.93. The van der Waals surface area contributed by atoms with E-state index >= 15 is 0 Å². The molecule has 2 fully saturated rings. The number of morpholine rings is 1. The van der Waals surface area contributed by atoms with Crippen molar-refractivity contribution in [2.75, 3.05) is 26.2 Å². The van der Waals surface area contributed by atoms with E-state index in [1.165, 1.54) is 0 Å². The van der Waals surface area contributed by atoms with Gasteiger partial charge in [0.05, 0.1) is 18.8 Å². The number of hydrogen-bond donors (Lipinski definition) is 2. The summed E-state index contributed by atoms with van der Waals surface area (Å²) in [5.41, 5.74) is 5.10. The summed E-state index contributed by atoms with van der Waals surface area (Å²) in [5, 5.41) is 2.58. The molecule has 1 aliphatic heterocycles. The molecular formula is C11H19N3O3. The Hall–Kier alpha value is -1.14. The lowest BCUT2D eigenvalue weighted by Gasteiger charge is -2.32. The minimum atomic E-state index is -0.613. The lowest BCUT2D eigenvalue weighted by Crippen LogP contribution is -2.50. The highest BCUT2D eigenvalue weighted by Gasteiger charge is 2.47. The second kappa shape index (κ2) is 4.62. The topological polar surface area (TPSA) is 84.7 Å². The van der Waals surface area contributed by atoms with Gasteiger partial charge in [-0.2, -0.15) is 0 Å². The van der Waals surface area contributed by atoms with Gasteiger partial charge in [-0.3, -0.25) is 14.5 Å². The van der Waals surface area contributed by atoms with Crippen LogP contribution >= 0.6 is 0 Å². The standard InChI is InChI=1S/C11H19N3O3/c1-8(10(12)16)13-9(15)6-14-4-5-17-11(7-14)2-3-11/h8H,2-7H2,1H3,(H2,12,16)(H,13,15)/t8-/m0/s1. The minimum absolute atomic E-state index is 0.0217. The molecule has 2 aliphatic rings. The van der Waals surface area contributed by atoms with Crippen molar-refractivity contribution >= 4 is 11.8 Å². The summed E-state index contributed by atoms with van der Waals surface area (Å²) in [6.07, 6.45) is 2.17. The van der Waals surface area contributed by atoms with E-state index in [0.29, 0.717) is 13.2 Å². The molecule has 2 amide bonds. The molecule has 3 N–H and O–H groups in total. The van der Waals surface area contributed by atoms with Gasteiger partial charge >= 0.3 is 0 Å². The number of carbonyl (C=O) groups is 2. The van der Waals surface area contributed by atoms with Crippen molar-refractivity contribution in [3.8, 4) is 0 Å². The van der Waals surface area contributed by atoms with Crippen molar-refractivity contribution in [1.29, 1.82) is 0 Å². The zero-order chi connectivity index (χ0) is 12.5. The number of rotatable bonds is 4. The number of nitrogens with one attached hydrogen (secondary N) is 1. The first-order valence-electron chi connectivity index (χ1n) is 5.96. The Bertz CT molecular complexity index is 328. The fourth-order valence-corrected chi connectivity index (χ4v) is 2.06. The largest absolute Gasteiger partial charge is 0.372 e. The van der Waals surface area contributed by atoms with Gasteiger partial charge in [0.1, 0.15) is 6.04 Å². The van der Waals surface area contributed by atoms with Gasteiger partial charge in [0, 0.05) is 13.1 Å². The van der Waals surface area contributed by atoms with Gasteiger partial charge in [0.2, 0.25) is 11.8 Å². The summed E-state index contributed by atoms with van der Waals surface area (Å²) in [6, 6.07) is -0.613. The van der Waals surface area contributed by atoms with Crippen LogP contribution in [0.3, 0.4) is 0 Å². The first-order chi connectivity index (χ1) is 8.01. The van der Waals surface area contributed by atoms with E-state index in [4.69, 9.17) is 10.5 Å². The van der Waals surface area contributed by atoms with Crippen LogP contribution in [0, 0.1) is 0 Å². The summed E-state index contributed by atoms with van der Waals surface area (Å²) >= 11 is 0. The molecule has 17 heavy (non-hydrogen) atoms. The molecule has 0 aromatic carbocycles. The van der Waals surface area contributed by atoms with E-state index in [0.717, 1.165) is 25.9 Å².